The highest BCUT2D eigenvalue weighted by atomic mass is 19.1. The number of amides is 2. The maximum Gasteiger partial charge on any atom is 0.339 e. The summed E-state index contributed by atoms with van der Waals surface area (Å²) >= 11 is 0. The van der Waals surface area contributed by atoms with Gasteiger partial charge in [0.2, 0.25) is 11.8 Å². The maximum absolute atomic E-state index is 13.0. The van der Waals surface area contributed by atoms with Gasteiger partial charge in [-0.05, 0) is 30.3 Å². The molecule has 2 aromatic carbocycles. The number of benzene rings is 2. The van der Waals surface area contributed by atoms with Crippen molar-refractivity contribution in [3.63, 3.8) is 0 Å². The number of methoxy groups -OCH3 is 1. The number of para-hydroxylation sites is 1. The second kappa shape index (κ2) is 7.87. The minimum Gasteiger partial charge on any atom is -0.465 e. The van der Waals surface area contributed by atoms with Gasteiger partial charge in [-0.2, -0.15) is 0 Å². The molecule has 2 N–H and O–H groups in total. The van der Waals surface area contributed by atoms with Crippen LogP contribution in [0.15, 0.2) is 48.5 Å². The normalized spacial score (nSPS) is 9.92. The minimum atomic E-state index is -0.611. The van der Waals surface area contributed by atoms with E-state index in [0.29, 0.717) is 0 Å². The molecule has 2 amide bonds. The van der Waals surface area contributed by atoms with Crippen molar-refractivity contribution >= 4 is 29.2 Å². The number of hydrogen-bond donors (Lipinski definition) is 2. The van der Waals surface area contributed by atoms with Crippen molar-refractivity contribution in [2.24, 2.45) is 0 Å². The van der Waals surface area contributed by atoms with Gasteiger partial charge in [0, 0.05) is 5.69 Å². The lowest BCUT2D eigenvalue weighted by molar-refractivity contribution is -0.123. The molecule has 0 bridgehead atoms. The van der Waals surface area contributed by atoms with Crippen LogP contribution in [-0.2, 0) is 14.3 Å². The number of ether oxygens (including phenoxy) is 1. The van der Waals surface area contributed by atoms with Crippen molar-refractivity contribution in [2.45, 2.75) is 6.42 Å². The number of anilines is 2. The molecule has 0 heterocycles. The van der Waals surface area contributed by atoms with Gasteiger partial charge < -0.3 is 15.4 Å². The number of rotatable bonds is 5. The Morgan fingerprint density at radius 3 is 2.42 bits per heavy atom. The van der Waals surface area contributed by atoms with E-state index in [1.54, 1.807) is 12.1 Å². The van der Waals surface area contributed by atoms with Crippen LogP contribution in [0.4, 0.5) is 15.8 Å². The van der Waals surface area contributed by atoms with Crippen molar-refractivity contribution in [2.75, 3.05) is 17.7 Å². The van der Waals surface area contributed by atoms with Gasteiger partial charge in [0.05, 0.1) is 18.4 Å². The summed E-state index contributed by atoms with van der Waals surface area (Å²) in [6.45, 7) is 0. The second-order valence-electron chi connectivity index (χ2n) is 4.82. The van der Waals surface area contributed by atoms with Gasteiger partial charge in [-0.25, -0.2) is 9.18 Å². The summed E-state index contributed by atoms with van der Waals surface area (Å²) in [5.41, 5.74) is 0.676. The molecule has 124 valence electrons. The van der Waals surface area contributed by atoms with Crippen molar-refractivity contribution in [1.29, 1.82) is 0 Å². The topological polar surface area (TPSA) is 84.5 Å². The SMILES string of the molecule is COC(=O)c1ccccc1NC(=O)CC(=O)Nc1cccc(F)c1. The molecule has 0 aromatic heterocycles. The first-order chi connectivity index (χ1) is 11.5. The Morgan fingerprint density at radius 2 is 1.71 bits per heavy atom. The van der Waals surface area contributed by atoms with Crippen LogP contribution in [0.2, 0.25) is 0 Å². The highest BCUT2D eigenvalue weighted by molar-refractivity contribution is 6.09. The minimum absolute atomic E-state index is 0.180. The fourth-order valence-electron chi connectivity index (χ4n) is 1.99. The molecule has 2 aromatic rings. The van der Waals surface area contributed by atoms with E-state index < -0.39 is 30.0 Å². The number of nitrogens with one attached hydrogen (secondary N) is 2. The highest BCUT2D eigenvalue weighted by Gasteiger charge is 2.15. The summed E-state index contributed by atoms with van der Waals surface area (Å²) in [5, 5.41) is 4.90. The van der Waals surface area contributed by atoms with E-state index in [2.05, 4.69) is 15.4 Å². The highest BCUT2D eigenvalue weighted by Crippen LogP contribution is 2.16. The lowest BCUT2D eigenvalue weighted by Gasteiger charge is -2.10. The average molecular weight is 330 g/mol. The van der Waals surface area contributed by atoms with Gasteiger partial charge >= 0.3 is 5.97 Å². The molecule has 0 aliphatic carbocycles. The monoisotopic (exact) mass is 330 g/mol. The van der Waals surface area contributed by atoms with Crippen LogP contribution in [-0.4, -0.2) is 24.9 Å². The summed E-state index contributed by atoms with van der Waals surface area (Å²) in [6.07, 6.45) is -0.480. The number of halogens is 1. The molecule has 0 radical (unpaired) electrons. The van der Waals surface area contributed by atoms with Crippen molar-refractivity contribution in [1.82, 2.24) is 0 Å². The number of hydrogen-bond acceptors (Lipinski definition) is 4. The van der Waals surface area contributed by atoms with Crippen LogP contribution >= 0.6 is 0 Å². The fourth-order valence-corrected chi connectivity index (χ4v) is 1.99. The Balaban J connectivity index is 1.98. The molecule has 0 unspecified atom stereocenters. The number of carbonyl (C=O) groups is 3. The summed E-state index contributed by atoms with van der Waals surface area (Å²) in [6, 6.07) is 11.6. The van der Waals surface area contributed by atoms with Gasteiger partial charge in [0.25, 0.3) is 0 Å². The van der Waals surface area contributed by atoms with E-state index >= 15 is 0 Å². The van der Waals surface area contributed by atoms with Crippen LogP contribution in [0.3, 0.4) is 0 Å². The third-order valence-electron chi connectivity index (χ3n) is 3.04. The lowest BCUT2D eigenvalue weighted by atomic mass is 10.1. The average Bonchev–Trinajstić information content (AvgIpc) is 2.54. The Labute approximate surface area is 137 Å². The predicted molar refractivity (Wildman–Crippen MR) is 86.1 cm³/mol. The summed E-state index contributed by atoms with van der Waals surface area (Å²) in [7, 11) is 1.23. The molecule has 0 fully saturated rings. The summed E-state index contributed by atoms with van der Waals surface area (Å²) in [4.78, 5) is 35.4. The molecule has 7 heteroatoms. The van der Waals surface area contributed by atoms with Crippen LogP contribution in [0.5, 0.6) is 0 Å². The second-order valence-corrected chi connectivity index (χ2v) is 4.82. The van der Waals surface area contributed by atoms with E-state index in [9.17, 15) is 18.8 Å². The van der Waals surface area contributed by atoms with E-state index in [0.717, 1.165) is 6.07 Å². The van der Waals surface area contributed by atoms with Crippen molar-refractivity contribution in [3.05, 3.63) is 59.9 Å². The quantitative estimate of drug-likeness (QED) is 0.652. The number of carbonyl (C=O) groups excluding carboxylic acids is 3. The standard InChI is InChI=1S/C17H15FN2O4/c1-24-17(23)13-7-2-3-8-14(13)20-16(22)10-15(21)19-12-6-4-5-11(18)9-12/h2-9H,10H2,1H3,(H,19,21)(H,20,22). The third-order valence-corrected chi connectivity index (χ3v) is 3.04. The van der Waals surface area contributed by atoms with E-state index in [4.69, 9.17) is 0 Å². The first-order valence-electron chi connectivity index (χ1n) is 7.02. The van der Waals surface area contributed by atoms with Crippen LogP contribution in [0.1, 0.15) is 16.8 Å². The van der Waals surface area contributed by atoms with Crippen LogP contribution in [0.25, 0.3) is 0 Å². The molecule has 0 aliphatic rings. The van der Waals surface area contributed by atoms with Gasteiger partial charge in [0.1, 0.15) is 12.2 Å². The van der Waals surface area contributed by atoms with E-state index in [1.807, 2.05) is 0 Å². The van der Waals surface area contributed by atoms with Gasteiger partial charge in [0.15, 0.2) is 0 Å². The molecule has 0 spiro atoms. The zero-order valence-corrected chi connectivity index (χ0v) is 12.8. The predicted octanol–water partition coefficient (Wildman–Crippen LogP) is 2.58. The van der Waals surface area contributed by atoms with Crippen LogP contribution < -0.4 is 10.6 Å². The Bertz CT molecular complexity index is 777. The molecule has 2 rings (SSSR count). The third kappa shape index (κ3) is 4.64. The zero-order valence-electron chi connectivity index (χ0n) is 12.8. The zero-order chi connectivity index (χ0) is 17.5. The number of esters is 1. The van der Waals surface area contributed by atoms with Crippen molar-refractivity contribution < 1.29 is 23.5 Å². The Hall–Kier alpha value is -3.22. The molecular formula is C17H15FN2O4. The largest absolute Gasteiger partial charge is 0.465 e. The fraction of sp³-hybridized carbons (Fsp3) is 0.118. The molecular weight excluding hydrogens is 315 g/mol. The molecule has 24 heavy (non-hydrogen) atoms. The van der Waals surface area contributed by atoms with Crippen LogP contribution in [0, 0.1) is 5.82 Å². The lowest BCUT2D eigenvalue weighted by Crippen LogP contribution is -2.22. The molecule has 0 saturated carbocycles. The first kappa shape index (κ1) is 17.1. The van der Waals surface area contributed by atoms with Gasteiger partial charge in [-0.3, -0.25) is 9.59 Å². The molecule has 6 nitrogen and oxygen atoms in total. The van der Waals surface area contributed by atoms with Crippen molar-refractivity contribution in [3.8, 4) is 0 Å². The van der Waals surface area contributed by atoms with Gasteiger partial charge in [-0.15, -0.1) is 0 Å². The smallest absolute Gasteiger partial charge is 0.339 e. The summed E-state index contributed by atoms with van der Waals surface area (Å²) in [5.74, 6) is -2.31. The summed E-state index contributed by atoms with van der Waals surface area (Å²) < 4.78 is 17.7. The molecule has 0 saturated heterocycles. The first-order valence-corrected chi connectivity index (χ1v) is 7.02. The molecule has 0 atom stereocenters. The van der Waals surface area contributed by atoms with E-state index in [1.165, 1.54) is 37.4 Å². The van der Waals surface area contributed by atoms with Gasteiger partial charge in [-0.1, -0.05) is 18.2 Å². The maximum atomic E-state index is 13.0. The van der Waals surface area contributed by atoms with E-state index in [-0.39, 0.29) is 16.9 Å². The Morgan fingerprint density at radius 1 is 1.00 bits per heavy atom. The Kier molecular flexibility index (Phi) is 5.62. The molecule has 0 aliphatic heterocycles.